The molecule has 2 rings (SSSR count). The van der Waals surface area contributed by atoms with Crippen LogP contribution in [0.25, 0.3) is 5.69 Å². The second-order valence-corrected chi connectivity index (χ2v) is 4.14. The molecule has 90 valence electrons. The van der Waals surface area contributed by atoms with Gasteiger partial charge in [-0.15, -0.1) is 5.10 Å². The SMILES string of the molecule is COC(=O)c1ncn(-c2ccc(C#N)cc2Br)n1. The first-order chi connectivity index (χ1) is 8.65. The van der Waals surface area contributed by atoms with E-state index in [1.807, 2.05) is 6.07 Å². The predicted molar refractivity (Wildman–Crippen MR) is 65.1 cm³/mol. The van der Waals surface area contributed by atoms with Crippen molar-refractivity contribution in [2.24, 2.45) is 0 Å². The van der Waals surface area contributed by atoms with E-state index in [0.29, 0.717) is 15.7 Å². The summed E-state index contributed by atoms with van der Waals surface area (Å²) in [6.45, 7) is 0. The topological polar surface area (TPSA) is 80.8 Å². The van der Waals surface area contributed by atoms with Crippen LogP contribution in [0.4, 0.5) is 0 Å². The minimum atomic E-state index is -0.599. The molecule has 0 radical (unpaired) electrons. The van der Waals surface area contributed by atoms with Gasteiger partial charge in [0, 0.05) is 4.47 Å². The average Bonchev–Trinajstić information content (AvgIpc) is 2.87. The summed E-state index contributed by atoms with van der Waals surface area (Å²) in [5.74, 6) is -0.618. The lowest BCUT2D eigenvalue weighted by Gasteiger charge is -2.03. The van der Waals surface area contributed by atoms with Gasteiger partial charge < -0.3 is 4.74 Å². The first-order valence-electron chi connectivity index (χ1n) is 4.85. The normalized spacial score (nSPS) is 9.83. The Morgan fingerprint density at radius 2 is 2.33 bits per heavy atom. The van der Waals surface area contributed by atoms with Gasteiger partial charge in [-0.2, -0.15) is 5.26 Å². The fourth-order valence-corrected chi connectivity index (χ4v) is 1.89. The zero-order chi connectivity index (χ0) is 13.1. The Bertz CT molecular complexity index is 645. The van der Waals surface area contributed by atoms with Crippen molar-refractivity contribution >= 4 is 21.9 Å². The molecule has 1 heterocycles. The summed E-state index contributed by atoms with van der Waals surface area (Å²) >= 11 is 3.33. The van der Waals surface area contributed by atoms with E-state index in [-0.39, 0.29) is 5.82 Å². The number of halogens is 1. The van der Waals surface area contributed by atoms with Crippen LogP contribution in [-0.4, -0.2) is 27.8 Å². The van der Waals surface area contributed by atoms with E-state index in [0.717, 1.165) is 0 Å². The van der Waals surface area contributed by atoms with Crippen LogP contribution in [0.1, 0.15) is 16.2 Å². The van der Waals surface area contributed by atoms with Crippen LogP contribution in [0.5, 0.6) is 0 Å². The number of aromatic nitrogens is 3. The summed E-state index contributed by atoms with van der Waals surface area (Å²) in [4.78, 5) is 15.1. The Hall–Kier alpha value is -2.20. The zero-order valence-corrected chi connectivity index (χ0v) is 10.9. The quantitative estimate of drug-likeness (QED) is 0.789. The number of carbonyl (C=O) groups excluding carboxylic acids is 1. The van der Waals surface area contributed by atoms with Crippen LogP contribution in [0, 0.1) is 11.3 Å². The monoisotopic (exact) mass is 306 g/mol. The summed E-state index contributed by atoms with van der Waals surface area (Å²) in [6, 6.07) is 7.05. The molecule has 1 aromatic carbocycles. The number of carbonyl (C=O) groups is 1. The molecular weight excluding hydrogens is 300 g/mol. The van der Waals surface area contributed by atoms with Crippen molar-refractivity contribution in [3.05, 3.63) is 40.4 Å². The highest BCUT2D eigenvalue weighted by molar-refractivity contribution is 9.10. The molecule has 0 aliphatic heterocycles. The number of hydrogen-bond acceptors (Lipinski definition) is 5. The molecule has 0 N–H and O–H groups in total. The third-order valence-electron chi connectivity index (χ3n) is 2.18. The summed E-state index contributed by atoms with van der Waals surface area (Å²) in [7, 11) is 1.26. The van der Waals surface area contributed by atoms with Gasteiger partial charge in [0.2, 0.25) is 0 Å². The van der Waals surface area contributed by atoms with Crippen molar-refractivity contribution < 1.29 is 9.53 Å². The fourth-order valence-electron chi connectivity index (χ4n) is 1.33. The molecule has 1 aromatic heterocycles. The van der Waals surface area contributed by atoms with Gasteiger partial charge in [-0.3, -0.25) is 0 Å². The van der Waals surface area contributed by atoms with E-state index in [1.54, 1.807) is 18.2 Å². The highest BCUT2D eigenvalue weighted by Gasteiger charge is 2.13. The van der Waals surface area contributed by atoms with E-state index in [1.165, 1.54) is 18.1 Å². The van der Waals surface area contributed by atoms with E-state index in [2.05, 4.69) is 30.7 Å². The van der Waals surface area contributed by atoms with E-state index >= 15 is 0 Å². The summed E-state index contributed by atoms with van der Waals surface area (Å²) in [6.07, 6.45) is 1.40. The van der Waals surface area contributed by atoms with E-state index in [9.17, 15) is 4.79 Å². The number of hydrogen-bond donors (Lipinski definition) is 0. The molecule has 0 saturated heterocycles. The first kappa shape index (κ1) is 12.3. The van der Waals surface area contributed by atoms with Crippen LogP contribution in [0.2, 0.25) is 0 Å². The molecule has 0 fully saturated rings. The molecule has 0 spiro atoms. The Morgan fingerprint density at radius 3 is 2.94 bits per heavy atom. The van der Waals surface area contributed by atoms with Crippen molar-refractivity contribution in [3.8, 4) is 11.8 Å². The largest absolute Gasteiger partial charge is 0.463 e. The maximum absolute atomic E-state index is 11.2. The maximum atomic E-state index is 11.2. The molecule has 0 aliphatic carbocycles. The molecule has 2 aromatic rings. The molecular formula is C11H7BrN4O2. The maximum Gasteiger partial charge on any atom is 0.377 e. The van der Waals surface area contributed by atoms with Crippen LogP contribution >= 0.6 is 15.9 Å². The molecule has 0 unspecified atom stereocenters. The summed E-state index contributed by atoms with van der Waals surface area (Å²) < 4.78 is 6.63. The molecule has 6 nitrogen and oxygen atoms in total. The Balaban J connectivity index is 2.41. The van der Waals surface area contributed by atoms with Crippen molar-refractivity contribution in [2.45, 2.75) is 0 Å². The van der Waals surface area contributed by atoms with E-state index in [4.69, 9.17) is 5.26 Å². The number of ether oxygens (including phenoxy) is 1. The third kappa shape index (κ3) is 2.24. The summed E-state index contributed by atoms with van der Waals surface area (Å²) in [5, 5.41) is 12.8. The van der Waals surface area contributed by atoms with Crippen LogP contribution in [0.15, 0.2) is 29.0 Å². The van der Waals surface area contributed by atoms with Crippen molar-refractivity contribution in [3.63, 3.8) is 0 Å². The lowest BCUT2D eigenvalue weighted by Crippen LogP contribution is -2.05. The smallest absolute Gasteiger partial charge is 0.377 e. The van der Waals surface area contributed by atoms with Gasteiger partial charge in [0.05, 0.1) is 24.4 Å². The van der Waals surface area contributed by atoms with Gasteiger partial charge in [0.15, 0.2) is 0 Å². The predicted octanol–water partition coefficient (Wildman–Crippen LogP) is 1.69. The average molecular weight is 307 g/mol. The van der Waals surface area contributed by atoms with Gasteiger partial charge in [0.25, 0.3) is 5.82 Å². The molecule has 0 bridgehead atoms. The minimum absolute atomic E-state index is 0.0197. The summed E-state index contributed by atoms with van der Waals surface area (Å²) in [5.41, 5.74) is 1.20. The zero-order valence-electron chi connectivity index (χ0n) is 9.29. The van der Waals surface area contributed by atoms with Gasteiger partial charge in [0.1, 0.15) is 6.33 Å². The lowest BCUT2D eigenvalue weighted by molar-refractivity contribution is 0.0587. The highest BCUT2D eigenvalue weighted by atomic mass is 79.9. The standard InChI is InChI=1S/C11H7BrN4O2/c1-18-11(17)10-14-6-16(15-10)9-3-2-7(5-13)4-8(9)12/h2-4,6H,1H3. The fraction of sp³-hybridized carbons (Fsp3) is 0.0909. The lowest BCUT2D eigenvalue weighted by atomic mass is 10.2. The van der Waals surface area contributed by atoms with Gasteiger partial charge in [-0.1, -0.05) is 0 Å². The van der Waals surface area contributed by atoms with Crippen LogP contribution in [0.3, 0.4) is 0 Å². The second-order valence-electron chi connectivity index (χ2n) is 3.28. The molecule has 7 heteroatoms. The van der Waals surface area contributed by atoms with Crippen LogP contribution < -0.4 is 0 Å². The number of nitriles is 1. The number of esters is 1. The van der Waals surface area contributed by atoms with E-state index < -0.39 is 5.97 Å². The molecule has 0 atom stereocenters. The van der Waals surface area contributed by atoms with Gasteiger partial charge >= 0.3 is 5.97 Å². The number of nitrogens with zero attached hydrogens (tertiary/aromatic N) is 4. The second kappa shape index (κ2) is 4.98. The van der Waals surface area contributed by atoms with Gasteiger partial charge in [-0.05, 0) is 34.1 Å². The Labute approximate surface area is 111 Å². The van der Waals surface area contributed by atoms with Crippen molar-refractivity contribution in [1.29, 1.82) is 5.26 Å². The highest BCUT2D eigenvalue weighted by Crippen LogP contribution is 2.21. The third-order valence-corrected chi connectivity index (χ3v) is 2.82. The Morgan fingerprint density at radius 1 is 1.56 bits per heavy atom. The number of methoxy groups -OCH3 is 1. The number of benzene rings is 1. The Kier molecular flexibility index (Phi) is 3.39. The van der Waals surface area contributed by atoms with Gasteiger partial charge in [-0.25, -0.2) is 14.5 Å². The van der Waals surface area contributed by atoms with Crippen molar-refractivity contribution in [1.82, 2.24) is 14.8 Å². The minimum Gasteiger partial charge on any atom is -0.463 e. The number of rotatable bonds is 2. The molecule has 0 aliphatic rings. The molecule has 0 amide bonds. The van der Waals surface area contributed by atoms with Crippen LogP contribution in [-0.2, 0) is 4.74 Å². The molecule has 18 heavy (non-hydrogen) atoms. The van der Waals surface area contributed by atoms with Crippen molar-refractivity contribution in [2.75, 3.05) is 7.11 Å². The first-order valence-corrected chi connectivity index (χ1v) is 5.65. The molecule has 0 saturated carbocycles.